The smallest absolute Gasteiger partial charge is 0.279 e. The second kappa shape index (κ2) is 9.15. The summed E-state index contributed by atoms with van der Waals surface area (Å²) in [5.74, 6) is -0.0773. The fourth-order valence-corrected chi connectivity index (χ4v) is 2.63. The van der Waals surface area contributed by atoms with Crippen molar-refractivity contribution < 1.29 is 14.5 Å². The van der Waals surface area contributed by atoms with Gasteiger partial charge in [0, 0.05) is 19.3 Å². The molecule has 0 bridgehead atoms. The molecule has 1 atom stereocenters. The molecule has 5 nitrogen and oxygen atoms in total. The van der Waals surface area contributed by atoms with Crippen LogP contribution in [0.25, 0.3) is 0 Å². The van der Waals surface area contributed by atoms with Gasteiger partial charge in [-0.25, -0.2) is 0 Å². The summed E-state index contributed by atoms with van der Waals surface area (Å²) in [5.41, 5.74) is 4.22. The van der Waals surface area contributed by atoms with Gasteiger partial charge in [-0.3, -0.25) is 9.59 Å². The van der Waals surface area contributed by atoms with Crippen molar-refractivity contribution in [2.24, 2.45) is 0 Å². The number of quaternary nitrogens is 1. The molecule has 0 aliphatic carbocycles. The van der Waals surface area contributed by atoms with Crippen LogP contribution in [0, 0.1) is 13.8 Å². The Bertz CT molecular complexity index is 739. The summed E-state index contributed by atoms with van der Waals surface area (Å²) in [4.78, 5) is 27.1. The minimum atomic E-state index is -0.0969. The summed E-state index contributed by atoms with van der Waals surface area (Å²) in [7, 11) is 3.65. The molecule has 0 saturated carbocycles. The van der Waals surface area contributed by atoms with Gasteiger partial charge in [-0.2, -0.15) is 0 Å². The highest BCUT2D eigenvalue weighted by Crippen LogP contribution is 2.08. The molecule has 0 spiro atoms. The zero-order valence-corrected chi connectivity index (χ0v) is 16.0. The summed E-state index contributed by atoms with van der Waals surface area (Å²) in [6.07, 6.45) is 0. The number of nitrogens with zero attached hydrogens (tertiary/aromatic N) is 1. The van der Waals surface area contributed by atoms with Crippen molar-refractivity contribution in [1.29, 1.82) is 0 Å². The molecule has 0 fully saturated rings. The Morgan fingerprint density at radius 3 is 2.04 bits per heavy atom. The molecule has 1 unspecified atom stereocenters. The Morgan fingerprint density at radius 2 is 1.46 bits per heavy atom. The van der Waals surface area contributed by atoms with E-state index in [1.165, 1.54) is 5.56 Å². The van der Waals surface area contributed by atoms with Crippen LogP contribution in [0.3, 0.4) is 0 Å². The van der Waals surface area contributed by atoms with Gasteiger partial charge in [0.15, 0.2) is 13.1 Å². The lowest BCUT2D eigenvalue weighted by Crippen LogP contribution is -3.11. The van der Waals surface area contributed by atoms with Gasteiger partial charge in [0.25, 0.3) is 11.8 Å². The molecular weight excluding hydrogens is 326 g/mol. The maximum Gasteiger partial charge on any atom is 0.279 e. The van der Waals surface area contributed by atoms with E-state index in [1.807, 2.05) is 69.4 Å². The normalized spacial score (nSPS) is 11.7. The van der Waals surface area contributed by atoms with Gasteiger partial charge in [0.2, 0.25) is 0 Å². The van der Waals surface area contributed by atoms with Crippen molar-refractivity contribution in [2.45, 2.75) is 20.4 Å². The lowest BCUT2D eigenvalue weighted by molar-refractivity contribution is -0.862. The Hall–Kier alpha value is -2.66. The fraction of sp³-hybridized carbons (Fsp3) is 0.333. The maximum atomic E-state index is 12.4. The number of carbonyl (C=O) groups excluding carboxylic acids is 2. The minimum absolute atomic E-state index is 0.0196. The van der Waals surface area contributed by atoms with Crippen LogP contribution in [0.1, 0.15) is 16.7 Å². The van der Waals surface area contributed by atoms with Gasteiger partial charge in [0.05, 0.1) is 7.05 Å². The largest absolute Gasteiger partial charge is 0.337 e. The Kier molecular flexibility index (Phi) is 6.92. The second-order valence-corrected chi connectivity index (χ2v) is 6.96. The van der Waals surface area contributed by atoms with Gasteiger partial charge in [0.1, 0.15) is 0 Å². The number of amides is 2. The van der Waals surface area contributed by atoms with Crippen LogP contribution < -0.4 is 10.2 Å². The molecule has 0 heterocycles. The molecule has 26 heavy (non-hydrogen) atoms. The zero-order valence-electron chi connectivity index (χ0n) is 16.0. The van der Waals surface area contributed by atoms with Crippen molar-refractivity contribution in [3.8, 4) is 0 Å². The number of likely N-dealkylation sites (N-methyl/N-ethyl adjacent to an activating group) is 2. The molecule has 0 aliphatic rings. The number of carbonyl (C=O) groups is 2. The average molecular weight is 354 g/mol. The average Bonchev–Trinajstić information content (AvgIpc) is 2.58. The van der Waals surface area contributed by atoms with Gasteiger partial charge in [-0.1, -0.05) is 47.5 Å². The predicted octanol–water partition coefficient (Wildman–Crippen LogP) is 1.42. The van der Waals surface area contributed by atoms with E-state index in [1.54, 1.807) is 11.9 Å². The number of rotatable bonds is 7. The van der Waals surface area contributed by atoms with Crippen LogP contribution in [0.2, 0.25) is 0 Å². The highest BCUT2D eigenvalue weighted by molar-refractivity contribution is 5.91. The summed E-state index contributed by atoms with van der Waals surface area (Å²) in [5, 5.41) is 2.86. The lowest BCUT2D eigenvalue weighted by Gasteiger charge is -2.20. The molecule has 2 aromatic rings. The van der Waals surface area contributed by atoms with Crippen LogP contribution in [-0.4, -0.2) is 43.9 Å². The SMILES string of the molecule is Cc1ccc(CN(C)C(=O)C[NH+](C)CC(=O)Nc2ccc(C)cc2)cc1. The van der Waals surface area contributed by atoms with Crippen molar-refractivity contribution in [1.82, 2.24) is 4.90 Å². The summed E-state index contributed by atoms with van der Waals surface area (Å²) in [6, 6.07) is 15.8. The van der Waals surface area contributed by atoms with E-state index >= 15 is 0 Å². The van der Waals surface area contributed by atoms with Crippen molar-refractivity contribution in [3.63, 3.8) is 0 Å². The monoisotopic (exact) mass is 354 g/mol. The van der Waals surface area contributed by atoms with Crippen molar-refractivity contribution in [3.05, 3.63) is 65.2 Å². The molecule has 0 aliphatic heterocycles. The number of hydrogen-bond acceptors (Lipinski definition) is 2. The summed E-state index contributed by atoms with van der Waals surface area (Å²) in [6.45, 7) is 5.14. The molecule has 0 aromatic heterocycles. The summed E-state index contributed by atoms with van der Waals surface area (Å²) < 4.78 is 0. The van der Waals surface area contributed by atoms with Crippen LogP contribution >= 0.6 is 0 Å². The third-order valence-electron chi connectivity index (χ3n) is 4.22. The molecule has 138 valence electrons. The van der Waals surface area contributed by atoms with E-state index in [2.05, 4.69) is 5.32 Å². The summed E-state index contributed by atoms with van der Waals surface area (Å²) >= 11 is 0. The van der Waals surface area contributed by atoms with Crippen LogP contribution in [0.15, 0.2) is 48.5 Å². The molecule has 2 aromatic carbocycles. The number of benzene rings is 2. The first-order valence-corrected chi connectivity index (χ1v) is 8.81. The lowest BCUT2D eigenvalue weighted by atomic mass is 10.1. The van der Waals surface area contributed by atoms with E-state index in [9.17, 15) is 9.59 Å². The molecule has 2 N–H and O–H groups in total. The predicted molar refractivity (Wildman–Crippen MR) is 104 cm³/mol. The molecular formula is C21H28N3O2+. The minimum Gasteiger partial charge on any atom is -0.337 e. The fourth-order valence-electron chi connectivity index (χ4n) is 2.63. The van der Waals surface area contributed by atoms with Crippen LogP contribution in [0.4, 0.5) is 5.69 Å². The van der Waals surface area contributed by atoms with E-state index in [0.29, 0.717) is 6.54 Å². The first-order chi connectivity index (χ1) is 12.3. The zero-order chi connectivity index (χ0) is 19.1. The number of anilines is 1. The van der Waals surface area contributed by atoms with Crippen molar-refractivity contribution in [2.75, 3.05) is 32.5 Å². The molecule has 0 saturated heterocycles. The highest BCUT2D eigenvalue weighted by Gasteiger charge is 2.17. The van der Waals surface area contributed by atoms with Crippen molar-refractivity contribution >= 4 is 17.5 Å². The standard InChI is InChI=1S/C21H27N3O2/c1-16-5-9-18(10-6-16)13-24(4)21(26)15-23(3)14-20(25)22-19-11-7-17(2)8-12-19/h5-12H,13-15H2,1-4H3,(H,22,25)/p+1. The molecule has 0 radical (unpaired) electrons. The Morgan fingerprint density at radius 1 is 0.923 bits per heavy atom. The molecule has 2 amide bonds. The van der Waals surface area contributed by atoms with Gasteiger partial charge in [-0.15, -0.1) is 0 Å². The molecule has 5 heteroatoms. The quantitative estimate of drug-likeness (QED) is 0.790. The third kappa shape index (κ3) is 6.33. The number of nitrogens with one attached hydrogen (secondary N) is 2. The van der Waals surface area contributed by atoms with E-state index in [0.717, 1.165) is 21.7 Å². The van der Waals surface area contributed by atoms with E-state index in [-0.39, 0.29) is 24.9 Å². The number of aryl methyl sites for hydroxylation is 2. The Balaban J connectivity index is 1.79. The highest BCUT2D eigenvalue weighted by atomic mass is 16.2. The topological polar surface area (TPSA) is 53.9 Å². The van der Waals surface area contributed by atoms with E-state index < -0.39 is 0 Å². The maximum absolute atomic E-state index is 12.4. The molecule has 2 rings (SSSR count). The van der Waals surface area contributed by atoms with Crippen LogP contribution in [0.5, 0.6) is 0 Å². The van der Waals surface area contributed by atoms with E-state index in [4.69, 9.17) is 0 Å². The van der Waals surface area contributed by atoms with Crippen LogP contribution in [-0.2, 0) is 16.1 Å². The van der Waals surface area contributed by atoms with Gasteiger partial charge in [-0.05, 0) is 31.5 Å². The third-order valence-corrected chi connectivity index (χ3v) is 4.22. The van der Waals surface area contributed by atoms with Gasteiger partial charge >= 0.3 is 0 Å². The first-order valence-electron chi connectivity index (χ1n) is 8.81. The number of hydrogen-bond donors (Lipinski definition) is 2. The van der Waals surface area contributed by atoms with Gasteiger partial charge < -0.3 is 15.1 Å². The first kappa shape index (κ1) is 19.7. The second-order valence-electron chi connectivity index (χ2n) is 6.96. The Labute approximate surface area is 155 Å².